The van der Waals surface area contributed by atoms with Crippen LogP contribution in [-0.2, 0) is 10.0 Å². The lowest BCUT2D eigenvalue weighted by molar-refractivity contribution is 0.580. The highest BCUT2D eigenvalue weighted by Gasteiger charge is 2.19. The molecule has 2 aromatic heterocycles. The van der Waals surface area contributed by atoms with E-state index in [0.717, 1.165) is 4.09 Å². The van der Waals surface area contributed by atoms with E-state index in [1.54, 1.807) is 18.2 Å². The second-order valence-electron chi connectivity index (χ2n) is 3.72. The van der Waals surface area contributed by atoms with Crippen LogP contribution in [0.1, 0.15) is 0 Å². The summed E-state index contributed by atoms with van der Waals surface area (Å²) in [6.45, 7) is 0. The molecule has 0 aliphatic rings. The third-order valence-electron chi connectivity index (χ3n) is 2.53. The molecule has 1 aromatic carbocycles. The molecule has 0 saturated carbocycles. The van der Waals surface area contributed by atoms with Crippen LogP contribution in [0.5, 0.6) is 0 Å². The van der Waals surface area contributed by atoms with E-state index in [1.807, 2.05) is 0 Å². The van der Waals surface area contributed by atoms with Gasteiger partial charge in [-0.2, -0.15) is 12.5 Å². The minimum absolute atomic E-state index is 0.145. The summed E-state index contributed by atoms with van der Waals surface area (Å²) in [6.07, 6.45) is 2.54. The molecule has 3 rings (SSSR count). The largest absolute Gasteiger partial charge is 0.283 e. The van der Waals surface area contributed by atoms with Crippen molar-refractivity contribution in [3.05, 3.63) is 48.0 Å². The number of aromatic nitrogens is 4. The molecule has 3 aromatic rings. The zero-order valence-electron chi connectivity index (χ0n) is 9.43. The zero-order chi connectivity index (χ0) is 13.5. The molecule has 0 aliphatic carbocycles. The molecule has 0 spiro atoms. The van der Waals surface area contributed by atoms with Crippen molar-refractivity contribution in [3.8, 4) is 0 Å². The molecule has 2 heterocycles. The van der Waals surface area contributed by atoms with Crippen LogP contribution in [0.25, 0.3) is 11.0 Å². The molecule has 0 unspecified atom stereocenters. The first-order valence-electron chi connectivity index (χ1n) is 5.25. The van der Waals surface area contributed by atoms with Gasteiger partial charge in [-0.15, -0.1) is 5.10 Å². The Morgan fingerprint density at radius 3 is 2.53 bits per heavy atom. The highest BCUT2D eigenvalue weighted by atomic mass is 35.5. The summed E-state index contributed by atoms with van der Waals surface area (Å²) in [6, 6.07) is 8.01. The monoisotopic (exact) mass is 294 g/mol. The molecule has 6 nitrogen and oxygen atoms in total. The summed E-state index contributed by atoms with van der Waals surface area (Å²) in [5, 5.41) is 4.47. The number of fused-ring (bicyclic) bond motifs is 1. The number of nitrogens with zero attached hydrogens (tertiary/aromatic N) is 4. The minimum atomic E-state index is -3.74. The molecule has 0 saturated heterocycles. The SMILES string of the molecule is O=S(=O)(c1ccccc1)n1cc2c(Cl)ncnc2n1. The quantitative estimate of drug-likeness (QED) is 0.672. The van der Waals surface area contributed by atoms with Gasteiger partial charge in [0.2, 0.25) is 0 Å². The lowest BCUT2D eigenvalue weighted by Crippen LogP contribution is -2.13. The smallest absolute Gasteiger partial charge is 0.224 e. The molecule has 0 N–H and O–H groups in total. The van der Waals surface area contributed by atoms with Crippen molar-refractivity contribution in [3.63, 3.8) is 0 Å². The third kappa shape index (κ3) is 1.96. The van der Waals surface area contributed by atoms with Gasteiger partial charge in [0, 0.05) is 0 Å². The van der Waals surface area contributed by atoms with Gasteiger partial charge in [-0.05, 0) is 12.1 Å². The van der Waals surface area contributed by atoms with Crippen LogP contribution < -0.4 is 0 Å². The molecule has 0 radical (unpaired) electrons. The summed E-state index contributed by atoms with van der Waals surface area (Å²) >= 11 is 5.87. The summed E-state index contributed by atoms with van der Waals surface area (Å²) < 4.78 is 25.5. The van der Waals surface area contributed by atoms with E-state index in [9.17, 15) is 8.42 Å². The van der Waals surface area contributed by atoms with Gasteiger partial charge in [0.15, 0.2) is 5.65 Å². The molecule has 0 atom stereocenters. The van der Waals surface area contributed by atoms with Crippen molar-refractivity contribution < 1.29 is 8.42 Å². The van der Waals surface area contributed by atoms with Gasteiger partial charge in [-0.3, -0.25) is 0 Å². The maximum atomic E-state index is 12.3. The van der Waals surface area contributed by atoms with Crippen LogP contribution in [0.4, 0.5) is 0 Å². The second kappa shape index (κ2) is 4.29. The lowest BCUT2D eigenvalue weighted by atomic mass is 10.4. The average Bonchev–Trinajstić information content (AvgIpc) is 2.86. The van der Waals surface area contributed by atoms with Gasteiger partial charge in [-0.25, -0.2) is 9.97 Å². The fourth-order valence-electron chi connectivity index (χ4n) is 1.61. The fraction of sp³-hybridized carbons (Fsp3) is 0. The van der Waals surface area contributed by atoms with E-state index in [-0.39, 0.29) is 15.7 Å². The summed E-state index contributed by atoms with van der Waals surface area (Å²) in [5.41, 5.74) is 0.236. The van der Waals surface area contributed by atoms with E-state index < -0.39 is 10.0 Å². The first-order valence-corrected chi connectivity index (χ1v) is 7.07. The summed E-state index contributed by atoms with van der Waals surface area (Å²) in [4.78, 5) is 7.80. The topological polar surface area (TPSA) is 77.7 Å². The van der Waals surface area contributed by atoms with Crippen LogP contribution in [-0.4, -0.2) is 27.6 Å². The van der Waals surface area contributed by atoms with Gasteiger partial charge in [0.05, 0.1) is 16.5 Å². The van der Waals surface area contributed by atoms with E-state index in [2.05, 4.69) is 15.1 Å². The Labute approximate surface area is 113 Å². The van der Waals surface area contributed by atoms with Crippen molar-refractivity contribution in [2.75, 3.05) is 0 Å². The standard InChI is InChI=1S/C11H7ClN4O2S/c12-10-9-6-16(15-11(9)14-7-13-10)19(17,18)8-4-2-1-3-5-8/h1-7H. The Morgan fingerprint density at radius 1 is 1.11 bits per heavy atom. The van der Waals surface area contributed by atoms with Gasteiger partial charge < -0.3 is 0 Å². The summed E-state index contributed by atoms with van der Waals surface area (Å²) in [5.74, 6) is 0. The molecule has 0 fully saturated rings. The van der Waals surface area contributed by atoms with Gasteiger partial charge in [-0.1, -0.05) is 29.8 Å². The molecular weight excluding hydrogens is 288 g/mol. The molecule has 0 aliphatic heterocycles. The Hall–Kier alpha value is -1.99. The fourth-order valence-corrected chi connectivity index (χ4v) is 2.94. The Kier molecular flexibility index (Phi) is 2.72. The lowest BCUT2D eigenvalue weighted by Gasteiger charge is -2.02. The third-order valence-corrected chi connectivity index (χ3v) is 4.38. The van der Waals surface area contributed by atoms with Crippen molar-refractivity contribution in [2.24, 2.45) is 0 Å². The maximum absolute atomic E-state index is 12.3. The first-order chi connectivity index (χ1) is 9.09. The van der Waals surface area contributed by atoms with Crippen LogP contribution >= 0.6 is 11.6 Å². The molecular formula is C11H7ClN4O2S. The zero-order valence-corrected chi connectivity index (χ0v) is 11.0. The minimum Gasteiger partial charge on any atom is -0.224 e. The number of rotatable bonds is 2. The Morgan fingerprint density at radius 2 is 1.84 bits per heavy atom. The van der Waals surface area contributed by atoms with E-state index >= 15 is 0 Å². The van der Waals surface area contributed by atoms with Crippen molar-refractivity contribution in [2.45, 2.75) is 4.90 Å². The average molecular weight is 295 g/mol. The molecule has 19 heavy (non-hydrogen) atoms. The highest BCUT2D eigenvalue weighted by Crippen LogP contribution is 2.20. The normalized spacial score (nSPS) is 11.8. The van der Waals surface area contributed by atoms with E-state index in [1.165, 1.54) is 24.7 Å². The first kappa shape index (κ1) is 12.1. The van der Waals surface area contributed by atoms with Crippen molar-refractivity contribution in [1.82, 2.24) is 19.2 Å². The van der Waals surface area contributed by atoms with Crippen LogP contribution in [0.3, 0.4) is 0 Å². The maximum Gasteiger partial charge on any atom is 0.283 e. The number of hydrogen-bond donors (Lipinski definition) is 0. The Bertz CT molecular complexity index is 846. The van der Waals surface area contributed by atoms with Gasteiger partial charge >= 0.3 is 0 Å². The van der Waals surface area contributed by atoms with Crippen molar-refractivity contribution in [1.29, 1.82) is 0 Å². The molecule has 96 valence electrons. The van der Waals surface area contributed by atoms with Gasteiger partial charge in [0.1, 0.15) is 11.5 Å². The van der Waals surface area contributed by atoms with Crippen molar-refractivity contribution >= 4 is 32.7 Å². The summed E-state index contributed by atoms with van der Waals surface area (Å²) in [7, 11) is -3.74. The second-order valence-corrected chi connectivity index (χ2v) is 5.88. The van der Waals surface area contributed by atoms with Gasteiger partial charge in [0.25, 0.3) is 10.0 Å². The predicted molar refractivity (Wildman–Crippen MR) is 69.4 cm³/mol. The van der Waals surface area contributed by atoms with E-state index in [4.69, 9.17) is 11.6 Å². The highest BCUT2D eigenvalue weighted by molar-refractivity contribution is 7.89. The van der Waals surface area contributed by atoms with E-state index in [0.29, 0.717) is 5.39 Å². The predicted octanol–water partition coefficient (Wildman–Crippen LogP) is 1.72. The molecule has 8 heteroatoms. The number of halogens is 1. The van der Waals surface area contributed by atoms with Crippen LogP contribution in [0.2, 0.25) is 5.15 Å². The number of hydrogen-bond acceptors (Lipinski definition) is 5. The molecule has 0 amide bonds. The number of benzene rings is 1. The molecule has 0 bridgehead atoms. The Balaban J connectivity index is 2.22. The van der Waals surface area contributed by atoms with Crippen LogP contribution in [0.15, 0.2) is 47.8 Å². The van der Waals surface area contributed by atoms with Crippen LogP contribution in [0, 0.1) is 0 Å².